The van der Waals surface area contributed by atoms with Crippen molar-refractivity contribution in [2.45, 2.75) is 47.1 Å². The van der Waals surface area contributed by atoms with E-state index in [1.165, 1.54) is 12.8 Å². The molecule has 2 rings (SSSR count). The third-order valence-corrected chi connectivity index (χ3v) is 4.93. The van der Waals surface area contributed by atoms with Crippen LogP contribution in [0.3, 0.4) is 0 Å². The van der Waals surface area contributed by atoms with Crippen molar-refractivity contribution in [3.63, 3.8) is 0 Å². The molecule has 0 unspecified atom stereocenters. The van der Waals surface area contributed by atoms with Crippen molar-refractivity contribution < 1.29 is 4.79 Å². The van der Waals surface area contributed by atoms with Crippen molar-refractivity contribution in [1.29, 1.82) is 0 Å². The molecular weight excluding hydrogens is 288 g/mol. The first-order valence-corrected chi connectivity index (χ1v) is 8.46. The maximum atomic E-state index is 12.3. The summed E-state index contributed by atoms with van der Waals surface area (Å²) in [5.74, 6) is 0.582. The highest BCUT2D eigenvalue weighted by Crippen LogP contribution is 2.25. The standard InChI is InChI=1S/C18H30N4O/c1-13(2)18(4,5)17(23)19-10-15-7-6-8-22(11-15)12-16-9-14(3)20-21-16/h9,15H,1,6-8,10-12H2,2-5H3,(H,19,23)(H,20,21)/t15-/m1/s1. The summed E-state index contributed by atoms with van der Waals surface area (Å²) in [5, 5.41) is 10.4. The number of H-pyrrole nitrogens is 1. The lowest BCUT2D eigenvalue weighted by Crippen LogP contribution is -2.44. The van der Waals surface area contributed by atoms with Crippen LogP contribution in [-0.2, 0) is 11.3 Å². The fraction of sp³-hybridized carbons (Fsp3) is 0.667. The molecule has 0 bridgehead atoms. The molecule has 1 aromatic rings. The number of aryl methyl sites for hydroxylation is 1. The van der Waals surface area contributed by atoms with Gasteiger partial charge in [0.1, 0.15) is 0 Å². The van der Waals surface area contributed by atoms with Gasteiger partial charge in [0, 0.05) is 25.3 Å². The fourth-order valence-corrected chi connectivity index (χ4v) is 2.90. The summed E-state index contributed by atoms with van der Waals surface area (Å²) in [7, 11) is 0. The van der Waals surface area contributed by atoms with Crippen LogP contribution in [-0.4, -0.2) is 40.6 Å². The van der Waals surface area contributed by atoms with Crippen molar-refractivity contribution in [3.8, 4) is 0 Å². The van der Waals surface area contributed by atoms with Gasteiger partial charge in [0.2, 0.25) is 5.91 Å². The molecule has 128 valence electrons. The van der Waals surface area contributed by atoms with Crippen LogP contribution in [0.4, 0.5) is 0 Å². The fourth-order valence-electron chi connectivity index (χ4n) is 2.90. The quantitative estimate of drug-likeness (QED) is 0.793. The average Bonchev–Trinajstić information content (AvgIpc) is 2.90. The van der Waals surface area contributed by atoms with Crippen molar-refractivity contribution >= 4 is 5.91 Å². The van der Waals surface area contributed by atoms with E-state index in [-0.39, 0.29) is 5.91 Å². The Morgan fingerprint density at radius 2 is 2.30 bits per heavy atom. The number of amides is 1. The summed E-state index contributed by atoms with van der Waals surface area (Å²) in [4.78, 5) is 14.8. The van der Waals surface area contributed by atoms with E-state index in [0.717, 1.165) is 43.1 Å². The molecule has 0 spiro atoms. The van der Waals surface area contributed by atoms with E-state index in [0.29, 0.717) is 5.92 Å². The minimum atomic E-state index is -0.499. The first kappa shape index (κ1) is 17.7. The predicted molar refractivity (Wildman–Crippen MR) is 92.9 cm³/mol. The molecule has 5 heteroatoms. The number of nitrogens with zero attached hydrogens (tertiary/aromatic N) is 2. The molecule has 0 aromatic carbocycles. The number of carbonyl (C=O) groups is 1. The maximum Gasteiger partial charge on any atom is 0.229 e. The van der Waals surface area contributed by atoms with Gasteiger partial charge in [-0.15, -0.1) is 0 Å². The number of carbonyl (C=O) groups excluding carboxylic acids is 1. The van der Waals surface area contributed by atoms with E-state index in [9.17, 15) is 4.79 Å². The topological polar surface area (TPSA) is 61.0 Å². The lowest BCUT2D eigenvalue weighted by molar-refractivity contribution is -0.127. The zero-order valence-electron chi connectivity index (χ0n) is 14.9. The minimum absolute atomic E-state index is 0.0741. The Hall–Kier alpha value is -1.62. The SMILES string of the molecule is C=C(C)C(C)(C)C(=O)NC[C@H]1CCCN(Cc2cc(C)[nH]n2)C1. The number of likely N-dealkylation sites (tertiary alicyclic amines) is 1. The Bertz CT molecular complexity index is 561. The molecule has 0 aliphatic carbocycles. The molecule has 0 radical (unpaired) electrons. The van der Waals surface area contributed by atoms with Crippen molar-refractivity contribution in [1.82, 2.24) is 20.4 Å². The van der Waals surface area contributed by atoms with E-state index >= 15 is 0 Å². The minimum Gasteiger partial charge on any atom is -0.355 e. The molecule has 1 aromatic heterocycles. The van der Waals surface area contributed by atoms with Gasteiger partial charge >= 0.3 is 0 Å². The van der Waals surface area contributed by atoms with Gasteiger partial charge in [0.15, 0.2) is 0 Å². The summed E-state index contributed by atoms with van der Waals surface area (Å²) in [6, 6.07) is 2.10. The maximum absolute atomic E-state index is 12.3. The van der Waals surface area contributed by atoms with Crippen LogP contribution in [0.5, 0.6) is 0 Å². The van der Waals surface area contributed by atoms with Crippen LogP contribution in [0.25, 0.3) is 0 Å². The van der Waals surface area contributed by atoms with Crippen LogP contribution in [0.15, 0.2) is 18.2 Å². The number of nitrogens with one attached hydrogen (secondary N) is 2. The molecule has 1 aliphatic heterocycles. The van der Waals surface area contributed by atoms with Crippen LogP contribution in [0.2, 0.25) is 0 Å². The van der Waals surface area contributed by atoms with Gasteiger partial charge in [-0.25, -0.2) is 0 Å². The average molecular weight is 318 g/mol. The summed E-state index contributed by atoms with van der Waals surface area (Å²) in [6.07, 6.45) is 2.34. The first-order chi connectivity index (χ1) is 10.8. The molecule has 0 saturated carbocycles. The molecule has 2 N–H and O–H groups in total. The highest BCUT2D eigenvalue weighted by atomic mass is 16.2. The van der Waals surface area contributed by atoms with Crippen LogP contribution >= 0.6 is 0 Å². The third-order valence-electron chi connectivity index (χ3n) is 4.93. The van der Waals surface area contributed by atoms with Gasteiger partial charge in [-0.1, -0.05) is 12.2 Å². The Balaban J connectivity index is 1.82. The number of aromatic nitrogens is 2. The van der Waals surface area contributed by atoms with Gasteiger partial charge in [0.05, 0.1) is 11.1 Å². The van der Waals surface area contributed by atoms with Crippen LogP contribution in [0.1, 0.15) is 45.0 Å². The zero-order valence-corrected chi connectivity index (χ0v) is 14.9. The lowest BCUT2D eigenvalue weighted by Gasteiger charge is -2.33. The number of hydrogen-bond acceptors (Lipinski definition) is 3. The number of aromatic amines is 1. The van der Waals surface area contributed by atoms with Gasteiger partial charge in [-0.2, -0.15) is 5.10 Å². The highest BCUT2D eigenvalue weighted by molar-refractivity contribution is 5.84. The van der Waals surface area contributed by atoms with E-state index in [1.54, 1.807) is 0 Å². The smallest absolute Gasteiger partial charge is 0.229 e. The molecule has 1 fully saturated rings. The van der Waals surface area contributed by atoms with E-state index in [4.69, 9.17) is 0 Å². The second kappa shape index (κ2) is 7.30. The van der Waals surface area contributed by atoms with Gasteiger partial charge in [-0.05, 0) is 59.1 Å². The van der Waals surface area contributed by atoms with Crippen molar-refractivity contribution in [3.05, 3.63) is 29.6 Å². The van der Waals surface area contributed by atoms with Crippen molar-refractivity contribution in [2.75, 3.05) is 19.6 Å². The van der Waals surface area contributed by atoms with E-state index in [2.05, 4.69) is 33.1 Å². The van der Waals surface area contributed by atoms with E-state index in [1.807, 2.05) is 27.7 Å². The Morgan fingerprint density at radius 3 is 2.91 bits per heavy atom. The van der Waals surface area contributed by atoms with Gasteiger partial charge < -0.3 is 5.32 Å². The summed E-state index contributed by atoms with van der Waals surface area (Å²) >= 11 is 0. The van der Waals surface area contributed by atoms with Crippen LogP contribution < -0.4 is 5.32 Å². The summed E-state index contributed by atoms with van der Waals surface area (Å²) < 4.78 is 0. The van der Waals surface area contributed by atoms with Crippen molar-refractivity contribution in [2.24, 2.45) is 11.3 Å². The monoisotopic (exact) mass is 318 g/mol. The zero-order chi connectivity index (χ0) is 17.0. The molecule has 1 amide bonds. The Morgan fingerprint density at radius 1 is 1.57 bits per heavy atom. The summed E-state index contributed by atoms with van der Waals surface area (Å²) in [6.45, 7) is 15.5. The lowest BCUT2D eigenvalue weighted by atomic mass is 9.85. The van der Waals surface area contributed by atoms with Gasteiger partial charge in [0.25, 0.3) is 0 Å². The molecular formula is C18H30N4O. The Kier molecular flexibility index (Phi) is 5.63. The molecule has 23 heavy (non-hydrogen) atoms. The summed E-state index contributed by atoms with van der Waals surface area (Å²) in [5.41, 5.74) is 2.59. The number of rotatable bonds is 6. The molecule has 5 nitrogen and oxygen atoms in total. The van der Waals surface area contributed by atoms with E-state index < -0.39 is 5.41 Å². The second-order valence-corrected chi connectivity index (χ2v) is 7.40. The number of hydrogen-bond donors (Lipinski definition) is 2. The van der Waals surface area contributed by atoms with Crippen LogP contribution in [0, 0.1) is 18.3 Å². The molecule has 1 atom stereocenters. The number of piperidine rings is 1. The molecule has 1 saturated heterocycles. The molecule has 1 aliphatic rings. The third kappa shape index (κ3) is 4.67. The largest absolute Gasteiger partial charge is 0.355 e. The Labute approximate surface area is 139 Å². The molecule has 2 heterocycles. The highest BCUT2D eigenvalue weighted by Gasteiger charge is 2.29. The van der Waals surface area contributed by atoms with Gasteiger partial charge in [-0.3, -0.25) is 14.8 Å². The first-order valence-electron chi connectivity index (χ1n) is 8.46. The predicted octanol–water partition coefficient (Wildman–Crippen LogP) is 2.65. The second-order valence-electron chi connectivity index (χ2n) is 7.40. The normalized spacial score (nSPS) is 19.6.